The van der Waals surface area contributed by atoms with Gasteiger partial charge in [-0.2, -0.15) is 0 Å². The zero-order chi connectivity index (χ0) is 13.4. The van der Waals surface area contributed by atoms with Crippen molar-refractivity contribution < 1.29 is 14.3 Å². The van der Waals surface area contributed by atoms with Crippen LogP contribution >= 0.6 is 0 Å². The van der Waals surface area contributed by atoms with Gasteiger partial charge in [0, 0.05) is 6.42 Å². The zero-order valence-electron chi connectivity index (χ0n) is 11.6. The predicted molar refractivity (Wildman–Crippen MR) is 68.7 cm³/mol. The number of esters is 1. The lowest BCUT2D eigenvalue weighted by molar-refractivity contribution is -0.148. The molecule has 3 heteroatoms. The van der Waals surface area contributed by atoms with Crippen LogP contribution in [0.25, 0.3) is 0 Å². The van der Waals surface area contributed by atoms with E-state index in [9.17, 15) is 9.59 Å². The van der Waals surface area contributed by atoms with Crippen LogP contribution in [0.3, 0.4) is 0 Å². The van der Waals surface area contributed by atoms with Crippen LogP contribution in [0.15, 0.2) is 11.6 Å². The molecule has 0 bridgehead atoms. The van der Waals surface area contributed by atoms with Crippen LogP contribution in [0.4, 0.5) is 0 Å². The molecule has 0 rings (SSSR count). The largest absolute Gasteiger partial charge is 0.458 e. The third kappa shape index (κ3) is 7.72. The van der Waals surface area contributed by atoms with E-state index in [0.717, 1.165) is 12.0 Å². The van der Waals surface area contributed by atoms with E-state index in [1.54, 1.807) is 0 Å². The maximum atomic E-state index is 11.5. The summed E-state index contributed by atoms with van der Waals surface area (Å²) >= 11 is 0. The van der Waals surface area contributed by atoms with Crippen LogP contribution in [0.2, 0.25) is 0 Å². The minimum Gasteiger partial charge on any atom is -0.458 e. The molecule has 0 aliphatic carbocycles. The Morgan fingerprint density at radius 1 is 1.24 bits per heavy atom. The van der Waals surface area contributed by atoms with E-state index < -0.39 is 5.97 Å². The maximum absolute atomic E-state index is 11.5. The molecule has 0 aliphatic rings. The Balaban J connectivity index is 4.16. The summed E-state index contributed by atoms with van der Waals surface area (Å²) in [6.45, 7) is 9.83. The van der Waals surface area contributed by atoms with Gasteiger partial charge >= 0.3 is 5.97 Å². The van der Waals surface area contributed by atoms with Gasteiger partial charge in [-0.1, -0.05) is 26.8 Å². The molecule has 0 saturated carbocycles. The molecule has 0 N–H and O–H groups in total. The second-order valence-corrected chi connectivity index (χ2v) is 4.75. The molecule has 0 aliphatic heterocycles. The Kier molecular flexibility index (Phi) is 7.51. The summed E-state index contributed by atoms with van der Waals surface area (Å²) in [6.07, 6.45) is 2.93. The average molecular weight is 240 g/mol. The summed E-state index contributed by atoms with van der Waals surface area (Å²) < 4.78 is 5.20. The third-order valence-corrected chi connectivity index (χ3v) is 2.42. The normalized spacial score (nSPS) is 13.6. The van der Waals surface area contributed by atoms with Crippen LogP contribution in [-0.4, -0.2) is 17.9 Å². The van der Waals surface area contributed by atoms with Gasteiger partial charge in [0.15, 0.2) is 0 Å². The van der Waals surface area contributed by atoms with Crippen LogP contribution in [0, 0.1) is 5.92 Å². The Bertz CT molecular complexity index is 290. The zero-order valence-corrected chi connectivity index (χ0v) is 11.6. The smallest absolute Gasteiger partial charge is 0.313 e. The van der Waals surface area contributed by atoms with Crippen molar-refractivity contribution in [3.63, 3.8) is 0 Å². The molecule has 17 heavy (non-hydrogen) atoms. The van der Waals surface area contributed by atoms with E-state index in [1.807, 2.05) is 20.8 Å². The predicted octanol–water partition coefficient (Wildman–Crippen LogP) is 3.28. The lowest BCUT2D eigenvalue weighted by Gasteiger charge is -2.14. The first-order valence-corrected chi connectivity index (χ1v) is 6.26. The van der Waals surface area contributed by atoms with Gasteiger partial charge in [0.05, 0.1) is 0 Å². The highest BCUT2D eigenvalue weighted by Gasteiger charge is 2.14. The fourth-order valence-corrected chi connectivity index (χ4v) is 1.52. The SMILES string of the molecule is CCCC(=O)CC(=O)O[C@@H](C)/C(C)=C/C(C)C. The molecule has 98 valence electrons. The van der Waals surface area contributed by atoms with Gasteiger partial charge < -0.3 is 4.74 Å². The number of carbonyl (C=O) groups excluding carboxylic acids is 2. The summed E-state index contributed by atoms with van der Waals surface area (Å²) in [7, 11) is 0. The second kappa shape index (κ2) is 8.04. The molecule has 0 aromatic carbocycles. The summed E-state index contributed by atoms with van der Waals surface area (Å²) in [6, 6.07) is 0. The van der Waals surface area contributed by atoms with E-state index in [1.165, 1.54) is 0 Å². The minimum absolute atomic E-state index is 0.0461. The standard InChI is InChI=1S/C14H24O3/c1-6-7-13(15)9-14(16)17-12(5)11(4)8-10(2)3/h8,10,12H,6-7,9H2,1-5H3/b11-8+/t12-/m0/s1. The van der Waals surface area contributed by atoms with Crippen molar-refractivity contribution in [2.24, 2.45) is 5.92 Å². The van der Waals surface area contributed by atoms with Crippen LogP contribution in [0.5, 0.6) is 0 Å². The van der Waals surface area contributed by atoms with Crippen molar-refractivity contribution in [2.45, 2.75) is 60.0 Å². The third-order valence-electron chi connectivity index (χ3n) is 2.42. The Hall–Kier alpha value is -1.12. The molecule has 0 fully saturated rings. The van der Waals surface area contributed by atoms with E-state index in [-0.39, 0.29) is 18.3 Å². The summed E-state index contributed by atoms with van der Waals surface area (Å²) in [5.74, 6) is -0.0412. The number of Topliss-reactive ketones (excluding diaryl/α,β-unsaturated/α-hetero) is 1. The lowest BCUT2D eigenvalue weighted by Crippen LogP contribution is -2.19. The van der Waals surface area contributed by atoms with Gasteiger partial charge in [0.2, 0.25) is 0 Å². The van der Waals surface area contributed by atoms with Crippen molar-refractivity contribution in [3.05, 3.63) is 11.6 Å². The summed E-state index contributed by atoms with van der Waals surface area (Å²) in [5.41, 5.74) is 1.02. The van der Waals surface area contributed by atoms with Crippen LogP contribution < -0.4 is 0 Å². The Morgan fingerprint density at radius 3 is 2.29 bits per heavy atom. The van der Waals surface area contributed by atoms with Gasteiger partial charge in [0.25, 0.3) is 0 Å². The highest BCUT2D eigenvalue weighted by molar-refractivity contribution is 5.95. The first-order valence-electron chi connectivity index (χ1n) is 6.26. The number of hydrogen-bond donors (Lipinski definition) is 0. The van der Waals surface area contributed by atoms with Gasteiger partial charge in [-0.25, -0.2) is 0 Å². The first-order chi connectivity index (χ1) is 7.86. The molecule has 1 atom stereocenters. The monoisotopic (exact) mass is 240 g/mol. The fourth-order valence-electron chi connectivity index (χ4n) is 1.52. The number of allylic oxidation sites excluding steroid dienone is 1. The molecule has 0 spiro atoms. The Morgan fingerprint density at radius 2 is 1.82 bits per heavy atom. The number of carbonyl (C=O) groups is 2. The molecular formula is C14H24O3. The van der Waals surface area contributed by atoms with Crippen molar-refractivity contribution in [2.75, 3.05) is 0 Å². The molecule has 0 radical (unpaired) electrons. The van der Waals surface area contributed by atoms with Crippen molar-refractivity contribution in [3.8, 4) is 0 Å². The fraction of sp³-hybridized carbons (Fsp3) is 0.714. The molecule has 0 aromatic rings. The van der Waals surface area contributed by atoms with E-state index in [2.05, 4.69) is 19.9 Å². The molecule has 0 unspecified atom stereocenters. The molecule has 3 nitrogen and oxygen atoms in total. The van der Waals surface area contributed by atoms with Crippen LogP contribution in [0.1, 0.15) is 53.9 Å². The second-order valence-electron chi connectivity index (χ2n) is 4.75. The number of hydrogen-bond acceptors (Lipinski definition) is 3. The van der Waals surface area contributed by atoms with Gasteiger partial charge in [0.1, 0.15) is 18.3 Å². The average Bonchev–Trinajstić information content (AvgIpc) is 2.16. The lowest BCUT2D eigenvalue weighted by atomic mass is 10.1. The maximum Gasteiger partial charge on any atom is 0.313 e. The summed E-state index contributed by atoms with van der Waals surface area (Å²) in [5, 5.41) is 0. The summed E-state index contributed by atoms with van der Waals surface area (Å²) in [4.78, 5) is 22.7. The molecule has 0 saturated heterocycles. The number of ketones is 1. The topological polar surface area (TPSA) is 43.4 Å². The van der Waals surface area contributed by atoms with Gasteiger partial charge in [-0.15, -0.1) is 0 Å². The van der Waals surface area contributed by atoms with Gasteiger partial charge in [-0.05, 0) is 31.8 Å². The number of ether oxygens (including phenoxy) is 1. The molecule has 0 heterocycles. The van der Waals surface area contributed by atoms with Gasteiger partial charge in [-0.3, -0.25) is 9.59 Å². The number of rotatable bonds is 7. The van der Waals surface area contributed by atoms with Crippen molar-refractivity contribution in [1.82, 2.24) is 0 Å². The Labute approximate surface area is 104 Å². The van der Waals surface area contributed by atoms with E-state index in [0.29, 0.717) is 12.3 Å². The minimum atomic E-state index is -0.424. The first kappa shape index (κ1) is 15.9. The van der Waals surface area contributed by atoms with Crippen molar-refractivity contribution in [1.29, 1.82) is 0 Å². The van der Waals surface area contributed by atoms with E-state index >= 15 is 0 Å². The quantitative estimate of drug-likeness (QED) is 0.389. The molecule has 0 aromatic heterocycles. The molecule has 0 amide bonds. The van der Waals surface area contributed by atoms with E-state index in [4.69, 9.17) is 4.74 Å². The molecular weight excluding hydrogens is 216 g/mol. The van der Waals surface area contributed by atoms with Crippen LogP contribution in [-0.2, 0) is 14.3 Å². The highest BCUT2D eigenvalue weighted by Crippen LogP contribution is 2.10. The highest BCUT2D eigenvalue weighted by atomic mass is 16.5. The van der Waals surface area contributed by atoms with Crippen molar-refractivity contribution >= 4 is 11.8 Å².